The molecule has 0 aliphatic heterocycles. The zero-order chi connectivity index (χ0) is 47.0. The average molecular weight is 958 g/mol. The van der Waals surface area contributed by atoms with E-state index in [0.29, 0.717) is 0 Å². The first-order valence-electron chi connectivity index (χ1n) is 22.3. The Bertz CT molecular complexity index is 3170. The summed E-state index contributed by atoms with van der Waals surface area (Å²) in [6, 6.07) is 79.7. The molecule has 0 amide bonds. The van der Waals surface area contributed by atoms with Crippen LogP contribution in [0.4, 0.5) is 21.6 Å². The second-order valence-corrected chi connectivity index (χ2v) is 18.5. The van der Waals surface area contributed by atoms with Crippen LogP contribution < -0.4 is 27.2 Å². The Hall–Kier alpha value is -8.16. The molecule has 0 bridgehead atoms. The van der Waals surface area contributed by atoms with Crippen molar-refractivity contribution in [2.45, 2.75) is 6.42 Å². The summed E-state index contributed by atoms with van der Waals surface area (Å²) in [6.45, 7) is 0. The fourth-order valence-electron chi connectivity index (χ4n) is 7.29. The van der Waals surface area contributed by atoms with Gasteiger partial charge in [0.1, 0.15) is 40.2 Å². The van der Waals surface area contributed by atoms with Crippen molar-refractivity contribution < 1.29 is 16.6 Å². The zero-order valence-electron chi connectivity index (χ0n) is 38.0. The predicted molar refractivity (Wildman–Crippen MR) is 282 cm³/mol. The van der Waals surface area contributed by atoms with Gasteiger partial charge in [0.05, 0.1) is 54.5 Å². The third-order valence-electron chi connectivity index (χ3n) is 10.6. The normalized spacial score (nSPS) is 10.5. The molecular weight excluding hydrogens is 909 g/mol. The molecule has 0 aliphatic rings. The highest BCUT2D eigenvalue weighted by Crippen LogP contribution is 2.30. The third kappa shape index (κ3) is 12.1. The van der Waals surface area contributed by atoms with Crippen LogP contribution in [-0.4, -0.2) is 22.1 Å². The van der Waals surface area contributed by atoms with Gasteiger partial charge in [0.15, 0.2) is 0 Å². The van der Waals surface area contributed by atoms with Crippen LogP contribution in [0.25, 0.3) is 45.5 Å². The van der Waals surface area contributed by atoms with E-state index in [0.717, 1.165) is 78.8 Å². The Labute approximate surface area is 415 Å². The number of anilines is 4. The summed E-state index contributed by atoms with van der Waals surface area (Å²) in [5.74, 6) is 3.66. The number of methoxy groups -OCH3 is 1. The number of aromatic nitrogens is 6. The lowest BCUT2D eigenvalue weighted by molar-refractivity contribution is -0.591. The quantitative estimate of drug-likeness (QED) is 0.119. The lowest BCUT2D eigenvalue weighted by Crippen LogP contribution is -2.27. The van der Waals surface area contributed by atoms with Crippen LogP contribution in [0.15, 0.2) is 237 Å². The van der Waals surface area contributed by atoms with Crippen molar-refractivity contribution in [3.05, 3.63) is 247 Å². The first-order chi connectivity index (χ1) is 34.1. The molecule has 9 nitrogen and oxygen atoms in total. The molecule has 12 heteroatoms. The number of hydrogen-bond donors (Lipinski definition) is 2. The third-order valence-corrected chi connectivity index (χ3v) is 13.3. The second-order valence-electron chi connectivity index (χ2n) is 15.4. The van der Waals surface area contributed by atoms with Gasteiger partial charge in [-0.1, -0.05) is 152 Å². The van der Waals surface area contributed by atoms with E-state index in [9.17, 15) is 0 Å². The van der Waals surface area contributed by atoms with Gasteiger partial charge >= 0.3 is 27.7 Å². The molecule has 3 aromatic heterocycles. The van der Waals surface area contributed by atoms with Gasteiger partial charge in [0.25, 0.3) is 0 Å². The molecule has 3 heterocycles. The van der Waals surface area contributed by atoms with Gasteiger partial charge in [-0.15, -0.1) is 7.91 Å². The van der Waals surface area contributed by atoms with E-state index < -0.39 is 0 Å². The van der Waals surface area contributed by atoms with Crippen LogP contribution in [0, 0.1) is 0 Å². The number of rotatable bonds is 12. The van der Waals surface area contributed by atoms with E-state index in [1.807, 2.05) is 152 Å². The maximum Gasteiger partial charge on any atom is 0.350 e. The van der Waals surface area contributed by atoms with Crippen LogP contribution >= 0.6 is 34.6 Å². The molecule has 338 valence electrons. The summed E-state index contributed by atoms with van der Waals surface area (Å²) in [4.78, 5) is 14.4. The molecule has 11 aromatic rings. The summed E-state index contributed by atoms with van der Waals surface area (Å²) in [5, 5.41) is 9.59. The van der Waals surface area contributed by atoms with Crippen molar-refractivity contribution in [3.63, 3.8) is 0 Å². The minimum atomic E-state index is 0.787. The summed E-state index contributed by atoms with van der Waals surface area (Å²) in [5.41, 5.74) is 8.75. The molecule has 0 saturated carbocycles. The lowest BCUT2D eigenvalue weighted by Gasteiger charge is -2.05. The van der Waals surface area contributed by atoms with Gasteiger partial charge in [0, 0.05) is 5.69 Å². The topological polar surface area (TPSA) is 83.6 Å². The SMILES string of the molecule is COc1ccccc1Nc1nc(-c2ccccc2)[n+](-c2ccccc2)s1.C[n+]1sc(Cc2ccccc2)nc1-c1ccccc1.c1ccc(Nc2nc(-c3ccccc3)[n+](-c3ccccc3)s2)cc1. The van der Waals surface area contributed by atoms with E-state index in [4.69, 9.17) is 19.7 Å². The number of benzene rings is 8. The van der Waals surface area contributed by atoms with Crippen LogP contribution in [-0.2, 0) is 13.5 Å². The molecule has 0 fully saturated rings. The highest BCUT2D eigenvalue weighted by atomic mass is 32.1. The molecule has 0 unspecified atom stereocenters. The van der Waals surface area contributed by atoms with Crippen LogP contribution in [0.2, 0.25) is 0 Å². The highest BCUT2D eigenvalue weighted by Gasteiger charge is 2.26. The molecule has 11 rings (SSSR count). The van der Waals surface area contributed by atoms with Crippen LogP contribution in [0.1, 0.15) is 10.6 Å². The maximum absolute atomic E-state index is 5.43. The van der Waals surface area contributed by atoms with Gasteiger partial charge < -0.3 is 15.4 Å². The van der Waals surface area contributed by atoms with Gasteiger partial charge in [-0.05, 0) is 105 Å². The molecule has 0 atom stereocenters. The summed E-state index contributed by atoms with van der Waals surface area (Å²) >= 11 is 4.87. The van der Waals surface area contributed by atoms with E-state index >= 15 is 0 Å². The van der Waals surface area contributed by atoms with Gasteiger partial charge in [-0.3, -0.25) is 0 Å². The summed E-state index contributed by atoms with van der Waals surface area (Å²) < 4.78 is 11.8. The standard InChI is InChI=1S/C21H17N3OS.C20H15N3S.C16H15N2S/c1-25-19-15-9-8-14-18(19)22-21-23-20(16-10-4-2-5-11-16)24(26-21)17-12-6-3-7-13-17;1-4-10-16(11-5-1)19-22-20(21-17-12-6-2-7-13-17)24-23(19)18-14-8-3-9-15-18;1-18-16(14-10-6-3-7-11-14)17-15(19-18)12-13-8-4-2-5-9-13/h2-15H,1H3;1-15H;2-11H,12H2,1H3/q;;+1/p+2. The first kappa shape index (κ1) is 46.0. The molecule has 0 spiro atoms. The number of ether oxygens (including phenoxy) is 1. The number of para-hydroxylation sites is 5. The molecule has 69 heavy (non-hydrogen) atoms. The van der Waals surface area contributed by atoms with Crippen molar-refractivity contribution in [2.75, 3.05) is 17.7 Å². The van der Waals surface area contributed by atoms with Crippen LogP contribution in [0.5, 0.6) is 5.75 Å². The molecule has 2 N–H and O–H groups in total. The van der Waals surface area contributed by atoms with Gasteiger partial charge in [-0.25, -0.2) is 0 Å². The minimum absolute atomic E-state index is 0.787. The average Bonchev–Trinajstić information content (AvgIpc) is 4.15. The molecule has 0 saturated heterocycles. The Morgan fingerprint density at radius 1 is 0.420 bits per heavy atom. The molecular formula is C57H49N8OS3+3. The van der Waals surface area contributed by atoms with E-state index in [1.54, 1.807) is 41.7 Å². The van der Waals surface area contributed by atoms with E-state index in [-0.39, 0.29) is 0 Å². The largest absolute Gasteiger partial charge is 0.495 e. The molecule has 0 aliphatic carbocycles. The Balaban J connectivity index is 0.000000130. The van der Waals surface area contributed by atoms with Gasteiger partial charge in [0.2, 0.25) is 5.01 Å². The van der Waals surface area contributed by atoms with Crippen molar-refractivity contribution >= 4 is 56.2 Å². The Morgan fingerprint density at radius 3 is 1.32 bits per heavy atom. The lowest BCUT2D eigenvalue weighted by atomic mass is 10.2. The number of nitrogens with zero attached hydrogens (tertiary/aromatic N) is 6. The Morgan fingerprint density at radius 2 is 0.826 bits per heavy atom. The highest BCUT2D eigenvalue weighted by molar-refractivity contribution is 7.06. The zero-order valence-corrected chi connectivity index (χ0v) is 40.5. The summed E-state index contributed by atoms with van der Waals surface area (Å²) in [6.07, 6.45) is 0.895. The molecule has 8 aromatic carbocycles. The van der Waals surface area contributed by atoms with E-state index in [2.05, 4.69) is 114 Å². The number of aryl methyl sites for hydroxylation is 1. The molecule has 0 radical (unpaired) electrons. The van der Waals surface area contributed by atoms with Crippen LogP contribution in [0.3, 0.4) is 0 Å². The minimum Gasteiger partial charge on any atom is -0.495 e. The first-order valence-corrected chi connectivity index (χ1v) is 24.7. The van der Waals surface area contributed by atoms with Crippen molar-refractivity contribution in [1.29, 1.82) is 0 Å². The van der Waals surface area contributed by atoms with Crippen molar-refractivity contribution in [1.82, 2.24) is 15.0 Å². The van der Waals surface area contributed by atoms with Gasteiger partial charge in [-0.2, -0.15) is 3.96 Å². The smallest absolute Gasteiger partial charge is 0.350 e. The Kier molecular flexibility index (Phi) is 15.3. The van der Waals surface area contributed by atoms with Crippen molar-refractivity contribution in [2.24, 2.45) is 7.05 Å². The van der Waals surface area contributed by atoms with Crippen molar-refractivity contribution in [3.8, 4) is 51.3 Å². The second kappa shape index (κ2) is 23.0. The van der Waals surface area contributed by atoms with E-state index in [1.165, 1.54) is 11.1 Å². The fourth-order valence-corrected chi connectivity index (χ4v) is 10.0. The monoisotopic (exact) mass is 957 g/mol. The fraction of sp³-hybridized carbons (Fsp3) is 0.0526. The maximum atomic E-state index is 5.43. The number of hydrogen-bond acceptors (Lipinski definition) is 9. The number of nitrogens with one attached hydrogen (secondary N) is 2. The summed E-state index contributed by atoms with van der Waals surface area (Å²) in [7, 11) is 3.73. The predicted octanol–water partition coefficient (Wildman–Crippen LogP) is 12.9.